The van der Waals surface area contributed by atoms with Crippen molar-refractivity contribution < 1.29 is 9.50 Å². The molecular formula is C13H19FN2O. The van der Waals surface area contributed by atoms with Crippen LogP contribution in [-0.2, 0) is 6.61 Å². The molecule has 2 heterocycles. The van der Waals surface area contributed by atoms with Crippen LogP contribution in [0.5, 0.6) is 0 Å². The Morgan fingerprint density at radius 2 is 2.29 bits per heavy atom. The summed E-state index contributed by atoms with van der Waals surface area (Å²) in [6.45, 7) is 4.85. The Balaban J connectivity index is 2.33. The van der Waals surface area contributed by atoms with Gasteiger partial charge in [-0.25, -0.2) is 9.37 Å². The topological polar surface area (TPSA) is 36.4 Å². The number of hydrogen-bond acceptors (Lipinski definition) is 3. The number of aliphatic hydroxyl groups excluding tert-OH is 1. The minimum Gasteiger partial charge on any atom is -0.392 e. The zero-order valence-electron chi connectivity index (χ0n) is 10.4. The maximum Gasteiger partial charge on any atom is 0.171 e. The highest BCUT2D eigenvalue weighted by molar-refractivity contribution is 5.44. The molecule has 1 N–H and O–H groups in total. The molecule has 2 unspecified atom stereocenters. The van der Waals surface area contributed by atoms with E-state index in [2.05, 4.69) is 18.8 Å². The van der Waals surface area contributed by atoms with E-state index in [9.17, 15) is 4.39 Å². The Labute approximate surface area is 101 Å². The lowest BCUT2D eigenvalue weighted by atomic mass is 9.92. The highest BCUT2D eigenvalue weighted by atomic mass is 19.1. The van der Waals surface area contributed by atoms with Gasteiger partial charge in [-0.15, -0.1) is 0 Å². The number of nitrogens with zero attached hydrogens (tertiary/aromatic N) is 2. The molecule has 0 bridgehead atoms. The van der Waals surface area contributed by atoms with Crippen molar-refractivity contribution in [2.75, 3.05) is 11.4 Å². The van der Waals surface area contributed by atoms with Crippen LogP contribution in [0.15, 0.2) is 12.3 Å². The van der Waals surface area contributed by atoms with Crippen molar-refractivity contribution in [1.82, 2.24) is 4.98 Å². The summed E-state index contributed by atoms with van der Waals surface area (Å²) < 4.78 is 14.1. The van der Waals surface area contributed by atoms with Crippen LogP contribution in [0.1, 0.15) is 32.3 Å². The lowest BCUT2D eigenvalue weighted by Gasteiger charge is -2.39. The van der Waals surface area contributed by atoms with Crippen LogP contribution in [0.4, 0.5) is 10.2 Å². The van der Waals surface area contributed by atoms with Crippen LogP contribution < -0.4 is 4.90 Å². The summed E-state index contributed by atoms with van der Waals surface area (Å²) in [6, 6.07) is 1.82. The number of aromatic nitrogens is 1. The molecule has 1 aromatic rings. The maximum atomic E-state index is 14.1. The van der Waals surface area contributed by atoms with Gasteiger partial charge in [0, 0.05) is 24.3 Å². The van der Waals surface area contributed by atoms with Gasteiger partial charge >= 0.3 is 0 Å². The number of rotatable bonds is 2. The second-order valence-electron chi connectivity index (χ2n) is 4.82. The van der Waals surface area contributed by atoms with Crippen molar-refractivity contribution in [3.05, 3.63) is 23.6 Å². The van der Waals surface area contributed by atoms with Gasteiger partial charge in [-0.1, -0.05) is 6.92 Å². The number of piperidine rings is 1. The van der Waals surface area contributed by atoms with Gasteiger partial charge in [0.05, 0.1) is 6.61 Å². The fourth-order valence-electron chi connectivity index (χ4n) is 2.43. The molecule has 4 heteroatoms. The normalized spacial score (nSPS) is 25.1. The van der Waals surface area contributed by atoms with Crippen LogP contribution in [0.3, 0.4) is 0 Å². The van der Waals surface area contributed by atoms with Gasteiger partial charge in [0.2, 0.25) is 0 Å². The summed E-state index contributed by atoms with van der Waals surface area (Å²) in [6.07, 6.45) is 3.81. The minimum absolute atomic E-state index is 0.279. The average Bonchev–Trinajstić information content (AvgIpc) is 2.33. The Bertz CT molecular complexity index is 397. The van der Waals surface area contributed by atoms with Crippen LogP contribution in [-0.4, -0.2) is 22.7 Å². The van der Waals surface area contributed by atoms with Gasteiger partial charge in [0.15, 0.2) is 11.6 Å². The minimum atomic E-state index is -0.379. The average molecular weight is 238 g/mol. The highest BCUT2D eigenvalue weighted by Crippen LogP contribution is 2.29. The van der Waals surface area contributed by atoms with E-state index in [-0.39, 0.29) is 12.4 Å². The molecule has 2 rings (SSSR count). The van der Waals surface area contributed by atoms with Gasteiger partial charge in [-0.2, -0.15) is 0 Å². The van der Waals surface area contributed by atoms with Crippen LogP contribution in [0.2, 0.25) is 0 Å². The monoisotopic (exact) mass is 238 g/mol. The molecule has 94 valence electrons. The molecule has 1 saturated heterocycles. The maximum absolute atomic E-state index is 14.1. The molecule has 1 aliphatic rings. The highest BCUT2D eigenvalue weighted by Gasteiger charge is 2.28. The lowest BCUT2D eigenvalue weighted by molar-refractivity contribution is 0.275. The van der Waals surface area contributed by atoms with Gasteiger partial charge in [-0.05, 0) is 31.7 Å². The predicted molar refractivity (Wildman–Crippen MR) is 65.3 cm³/mol. The number of pyridine rings is 1. The van der Waals surface area contributed by atoms with Crippen molar-refractivity contribution in [1.29, 1.82) is 0 Å². The van der Waals surface area contributed by atoms with Crippen molar-refractivity contribution in [2.45, 2.75) is 39.3 Å². The second kappa shape index (κ2) is 5.00. The first-order chi connectivity index (χ1) is 8.15. The SMILES string of the molecule is CC1CCCN(c2nccc(CO)c2F)C1C. The zero-order chi connectivity index (χ0) is 12.4. The fourth-order valence-corrected chi connectivity index (χ4v) is 2.43. The summed E-state index contributed by atoms with van der Waals surface area (Å²) in [5, 5.41) is 9.07. The molecule has 1 aliphatic heterocycles. The van der Waals surface area contributed by atoms with Crippen molar-refractivity contribution in [3.63, 3.8) is 0 Å². The summed E-state index contributed by atoms with van der Waals surface area (Å²) in [4.78, 5) is 6.15. The van der Waals surface area contributed by atoms with Crippen molar-refractivity contribution in [3.8, 4) is 0 Å². The first-order valence-corrected chi connectivity index (χ1v) is 6.16. The summed E-state index contributed by atoms with van der Waals surface area (Å²) in [5.41, 5.74) is 0.320. The van der Waals surface area contributed by atoms with E-state index in [0.717, 1.165) is 13.0 Å². The quantitative estimate of drug-likeness (QED) is 0.859. The van der Waals surface area contributed by atoms with E-state index in [1.807, 2.05) is 4.90 Å². The Hall–Kier alpha value is -1.16. The number of aliphatic hydroxyl groups is 1. The molecule has 17 heavy (non-hydrogen) atoms. The smallest absolute Gasteiger partial charge is 0.171 e. The molecule has 0 radical (unpaired) electrons. The summed E-state index contributed by atoms with van der Waals surface area (Å²) in [5.74, 6) is 0.550. The van der Waals surface area contributed by atoms with E-state index in [0.29, 0.717) is 23.3 Å². The lowest BCUT2D eigenvalue weighted by Crippen LogP contribution is -2.43. The fraction of sp³-hybridized carbons (Fsp3) is 0.615. The Morgan fingerprint density at radius 1 is 1.53 bits per heavy atom. The zero-order valence-corrected chi connectivity index (χ0v) is 10.4. The van der Waals surface area contributed by atoms with Crippen LogP contribution in [0.25, 0.3) is 0 Å². The van der Waals surface area contributed by atoms with Gasteiger partial charge < -0.3 is 10.0 Å². The summed E-state index contributed by atoms with van der Waals surface area (Å²) in [7, 11) is 0. The first kappa shape index (κ1) is 12.3. The molecule has 2 atom stereocenters. The summed E-state index contributed by atoms with van der Waals surface area (Å²) >= 11 is 0. The largest absolute Gasteiger partial charge is 0.392 e. The third-order valence-corrected chi connectivity index (χ3v) is 3.77. The molecule has 0 aromatic carbocycles. The Morgan fingerprint density at radius 3 is 3.00 bits per heavy atom. The van der Waals surface area contributed by atoms with Gasteiger partial charge in [0.25, 0.3) is 0 Å². The van der Waals surface area contributed by atoms with Gasteiger partial charge in [0.1, 0.15) is 0 Å². The number of halogens is 1. The Kier molecular flexibility index (Phi) is 3.62. The third kappa shape index (κ3) is 2.27. The van der Waals surface area contributed by atoms with Crippen molar-refractivity contribution >= 4 is 5.82 Å². The molecule has 1 aromatic heterocycles. The van der Waals surface area contributed by atoms with E-state index >= 15 is 0 Å². The van der Waals surface area contributed by atoms with Crippen LogP contribution in [0, 0.1) is 11.7 Å². The molecular weight excluding hydrogens is 219 g/mol. The number of anilines is 1. The van der Waals surface area contributed by atoms with Gasteiger partial charge in [-0.3, -0.25) is 0 Å². The van der Waals surface area contributed by atoms with Crippen molar-refractivity contribution in [2.24, 2.45) is 5.92 Å². The third-order valence-electron chi connectivity index (χ3n) is 3.77. The second-order valence-corrected chi connectivity index (χ2v) is 4.82. The molecule has 0 amide bonds. The van der Waals surface area contributed by atoms with E-state index in [4.69, 9.17) is 5.11 Å². The number of hydrogen-bond donors (Lipinski definition) is 1. The standard InChI is InChI=1S/C13H19FN2O/c1-9-4-3-7-16(10(9)2)13-12(14)11(8-17)5-6-15-13/h5-6,9-10,17H,3-4,7-8H2,1-2H3. The molecule has 0 saturated carbocycles. The predicted octanol–water partition coefficient (Wildman–Crippen LogP) is 2.34. The van der Waals surface area contributed by atoms with E-state index in [1.54, 1.807) is 6.20 Å². The van der Waals surface area contributed by atoms with E-state index in [1.165, 1.54) is 12.5 Å². The molecule has 1 fully saturated rings. The molecule has 0 aliphatic carbocycles. The van der Waals surface area contributed by atoms with E-state index < -0.39 is 0 Å². The molecule has 3 nitrogen and oxygen atoms in total. The van der Waals surface area contributed by atoms with Crippen LogP contribution >= 0.6 is 0 Å². The first-order valence-electron chi connectivity index (χ1n) is 6.16. The molecule has 0 spiro atoms.